The summed E-state index contributed by atoms with van der Waals surface area (Å²) in [5, 5.41) is 4.40. The Labute approximate surface area is 170 Å². The van der Waals surface area contributed by atoms with Gasteiger partial charge in [-0.3, -0.25) is 0 Å². The van der Waals surface area contributed by atoms with Crippen molar-refractivity contribution in [3.05, 3.63) is 58.1 Å². The molecule has 1 fully saturated rings. The van der Waals surface area contributed by atoms with Crippen LogP contribution in [0.15, 0.2) is 42.5 Å². The molecule has 0 saturated carbocycles. The van der Waals surface area contributed by atoms with Crippen LogP contribution in [-0.4, -0.2) is 33.4 Å². The molecule has 1 saturated heterocycles. The van der Waals surface area contributed by atoms with Crippen molar-refractivity contribution in [1.29, 1.82) is 0 Å². The summed E-state index contributed by atoms with van der Waals surface area (Å²) < 4.78 is 17.4. The number of halogens is 3. The molecule has 0 aliphatic carbocycles. The molecule has 2 aromatic rings. The minimum absolute atomic E-state index is 0. The van der Waals surface area contributed by atoms with Crippen LogP contribution in [0.3, 0.4) is 0 Å². The van der Waals surface area contributed by atoms with E-state index in [1.165, 1.54) is 0 Å². The third-order valence-corrected chi connectivity index (χ3v) is 5.08. The number of methoxy groups -OCH3 is 1. The summed E-state index contributed by atoms with van der Waals surface area (Å²) in [4.78, 5) is 0. The van der Waals surface area contributed by atoms with Gasteiger partial charge in [0.1, 0.15) is 23.7 Å². The molecule has 1 aliphatic heterocycles. The SMILES string of the molecule is COc1ccc(OC[C@@]2(c3ccc(Cl)c(Cl)c3)CCNCCO2)cc1.Cl. The van der Waals surface area contributed by atoms with Crippen LogP contribution in [-0.2, 0) is 10.3 Å². The van der Waals surface area contributed by atoms with E-state index in [4.69, 9.17) is 37.4 Å². The molecule has 1 aliphatic rings. The Kier molecular flexibility index (Phi) is 7.86. The highest BCUT2D eigenvalue weighted by Gasteiger charge is 2.36. The lowest BCUT2D eigenvalue weighted by molar-refractivity contribution is -0.0724. The van der Waals surface area contributed by atoms with Gasteiger partial charge < -0.3 is 19.5 Å². The molecule has 1 heterocycles. The molecule has 0 unspecified atom stereocenters. The van der Waals surface area contributed by atoms with Crippen LogP contribution < -0.4 is 14.8 Å². The minimum Gasteiger partial charge on any atom is -0.497 e. The normalized spacial score (nSPS) is 20.0. The van der Waals surface area contributed by atoms with Crippen molar-refractivity contribution >= 4 is 35.6 Å². The quantitative estimate of drug-likeness (QED) is 0.763. The third kappa shape index (κ3) is 4.96. The van der Waals surface area contributed by atoms with E-state index in [1.54, 1.807) is 13.2 Å². The summed E-state index contributed by atoms with van der Waals surface area (Å²) in [6.07, 6.45) is 0.779. The topological polar surface area (TPSA) is 39.7 Å². The van der Waals surface area contributed by atoms with Crippen molar-refractivity contribution in [1.82, 2.24) is 5.32 Å². The molecular weight excluding hydrogens is 397 g/mol. The Balaban J connectivity index is 0.00000243. The first-order chi connectivity index (χ1) is 12.1. The van der Waals surface area contributed by atoms with Crippen molar-refractivity contribution in [2.45, 2.75) is 12.0 Å². The first-order valence-electron chi connectivity index (χ1n) is 8.20. The van der Waals surface area contributed by atoms with Crippen LogP contribution in [0.25, 0.3) is 0 Å². The van der Waals surface area contributed by atoms with Crippen molar-refractivity contribution in [3.63, 3.8) is 0 Å². The lowest BCUT2D eigenvalue weighted by Gasteiger charge is -2.33. The fourth-order valence-corrected chi connectivity index (χ4v) is 3.18. The molecule has 1 N–H and O–H groups in total. The van der Waals surface area contributed by atoms with E-state index in [0.717, 1.165) is 36.6 Å². The van der Waals surface area contributed by atoms with E-state index in [0.29, 0.717) is 23.3 Å². The predicted octanol–water partition coefficient (Wildman–Crippen LogP) is 4.71. The summed E-state index contributed by atoms with van der Waals surface area (Å²) >= 11 is 12.3. The number of rotatable bonds is 5. The number of benzene rings is 2. The molecule has 2 aromatic carbocycles. The second-order valence-electron chi connectivity index (χ2n) is 5.94. The summed E-state index contributed by atoms with van der Waals surface area (Å²) in [7, 11) is 1.64. The van der Waals surface area contributed by atoms with Gasteiger partial charge in [0.25, 0.3) is 0 Å². The van der Waals surface area contributed by atoms with E-state index in [1.807, 2.05) is 36.4 Å². The van der Waals surface area contributed by atoms with Gasteiger partial charge in [0.05, 0.1) is 23.8 Å². The van der Waals surface area contributed by atoms with Crippen molar-refractivity contribution in [3.8, 4) is 11.5 Å². The van der Waals surface area contributed by atoms with Crippen LogP contribution in [0.1, 0.15) is 12.0 Å². The van der Waals surface area contributed by atoms with Crippen molar-refractivity contribution in [2.75, 3.05) is 33.4 Å². The summed E-state index contributed by atoms with van der Waals surface area (Å²) in [6.45, 7) is 2.64. The van der Waals surface area contributed by atoms with Gasteiger partial charge in [-0.25, -0.2) is 0 Å². The van der Waals surface area contributed by atoms with Gasteiger partial charge in [-0.05, 0) is 54.9 Å². The van der Waals surface area contributed by atoms with Crippen molar-refractivity contribution < 1.29 is 14.2 Å². The van der Waals surface area contributed by atoms with E-state index in [-0.39, 0.29) is 12.4 Å². The zero-order chi connectivity index (χ0) is 17.7. The summed E-state index contributed by atoms with van der Waals surface area (Å²) in [5.74, 6) is 1.56. The van der Waals surface area contributed by atoms with Gasteiger partial charge >= 0.3 is 0 Å². The van der Waals surface area contributed by atoms with Crippen LogP contribution >= 0.6 is 35.6 Å². The van der Waals surface area contributed by atoms with E-state index >= 15 is 0 Å². The fraction of sp³-hybridized carbons (Fsp3) is 0.368. The number of hydrogen-bond acceptors (Lipinski definition) is 4. The molecule has 7 heteroatoms. The fourth-order valence-electron chi connectivity index (χ4n) is 2.88. The van der Waals surface area contributed by atoms with Gasteiger partial charge in [0.2, 0.25) is 0 Å². The second kappa shape index (κ2) is 9.67. The molecule has 4 nitrogen and oxygen atoms in total. The van der Waals surface area contributed by atoms with Crippen LogP contribution in [0, 0.1) is 0 Å². The molecule has 26 heavy (non-hydrogen) atoms. The summed E-state index contributed by atoms with van der Waals surface area (Å²) in [5.41, 5.74) is 0.400. The van der Waals surface area contributed by atoms with Gasteiger partial charge in [0, 0.05) is 6.54 Å². The lowest BCUT2D eigenvalue weighted by atomic mass is 9.91. The van der Waals surface area contributed by atoms with Crippen LogP contribution in [0.5, 0.6) is 11.5 Å². The average Bonchev–Trinajstić information content (AvgIpc) is 2.89. The summed E-state index contributed by atoms with van der Waals surface area (Å²) in [6, 6.07) is 13.1. The molecule has 0 spiro atoms. The van der Waals surface area contributed by atoms with Crippen LogP contribution in [0.4, 0.5) is 0 Å². The lowest BCUT2D eigenvalue weighted by Crippen LogP contribution is -2.37. The molecular formula is C19H22Cl3NO3. The molecule has 1 atom stereocenters. The van der Waals surface area contributed by atoms with Gasteiger partial charge in [0.15, 0.2) is 0 Å². The highest BCUT2D eigenvalue weighted by atomic mass is 35.5. The Morgan fingerprint density at radius 1 is 1.04 bits per heavy atom. The monoisotopic (exact) mass is 417 g/mol. The van der Waals surface area contributed by atoms with E-state index in [9.17, 15) is 0 Å². The smallest absolute Gasteiger partial charge is 0.128 e. The molecule has 0 bridgehead atoms. The Morgan fingerprint density at radius 2 is 1.77 bits per heavy atom. The third-order valence-electron chi connectivity index (χ3n) is 4.34. The molecule has 3 rings (SSSR count). The van der Waals surface area contributed by atoms with Crippen LogP contribution in [0.2, 0.25) is 10.0 Å². The highest BCUT2D eigenvalue weighted by molar-refractivity contribution is 6.42. The zero-order valence-corrected chi connectivity index (χ0v) is 16.8. The zero-order valence-electron chi connectivity index (χ0n) is 14.5. The van der Waals surface area contributed by atoms with Gasteiger partial charge in [-0.1, -0.05) is 29.3 Å². The molecule has 0 aromatic heterocycles. The second-order valence-corrected chi connectivity index (χ2v) is 6.75. The van der Waals surface area contributed by atoms with E-state index in [2.05, 4.69) is 5.32 Å². The maximum Gasteiger partial charge on any atom is 0.128 e. The number of nitrogens with one attached hydrogen (secondary N) is 1. The first-order valence-corrected chi connectivity index (χ1v) is 8.96. The Bertz CT molecular complexity index is 702. The molecule has 142 valence electrons. The first kappa shape index (κ1) is 21.1. The maximum atomic E-state index is 6.23. The Morgan fingerprint density at radius 3 is 2.46 bits per heavy atom. The largest absolute Gasteiger partial charge is 0.497 e. The van der Waals surface area contributed by atoms with E-state index < -0.39 is 5.60 Å². The Hall–Kier alpha value is -1.17. The van der Waals surface area contributed by atoms with Gasteiger partial charge in [-0.15, -0.1) is 12.4 Å². The standard InChI is InChI=1S/C19H21Cl2NO3.ClH/c1-23-15-3-5-16(6-4-15)24-13-19(8-9-22-10-11-25-19)14-2-7-17(20)18(21)12-14;/h2-7,12,22H,8-11,13H2,1H3;1H/t19-;/m1./s1. The average molecular weight is 419 g/mol. The highest BCUT2D eigenvalue weighted by Crippen LogP contribution is 2.35. The van der Waals surface area contributed by atoms with Crippen molar-refractivity contribution in [2.24, 2.45) is 0 Å². The predicted molar refractivity (Wildman–Crippen MR) is 107 cm³/mol. The molecule has 0 radical (unpaired) electrons. The number of ether oxygens (including phenoxy) is 3. The number of hydrogen-bond donors (Lipinski definition) is 1. The maximum absolute atomic E-state index is 6.23. The molecule has 0 amide bonds. The minimum atomic E-state index is -0.572. The van der Waals surface area contributed by atoms with Gasteiger partial charge in [-0.2, -0.15) is 0 Å².